The number of amidine groups is 1. The summed E-state index contributed by atoms with van der Waals surface area (Å²) in [5, 5.41) is 8.32. The number of nitrogens with one attached hydrogen (secondary N) is 1. The molecule has 0 bridgehead atoms. The zero-order chi connectivity index (χ0) is 12.1. The molecule has 2 amide bonds. The second kappa shape index (κ2) is 5.77. The highest BCUT2D eigenvalue weighted by Crippen LogP contribution is 2.22. The number of rotatable bonds is 2. The monoisotopic (exact) mass is 257 g/mol. The van der Waals surface area contributed by atoms with Crippen LogP contribution in [0.5, 0.6) is 0 Å². The van der Waals surface area contributed by atoms with E-state index in [0.717, 1.165) is 4.90 Å². The summed E-state index contributed by atoms with van der Waals surface area (Å²) in [6, 6.07) is 5.99. The molecular formula is C10H12ClN3OS. The SMILES string of the molecule is CCSC(=N)N(C(N)=O)c1cccc(Cl)c1. The van der Waals surface area contributed by atoms with Crippen molar-refractivity contribution in [1.82, 2.24) is 0 Å². The second-order valence-electron chi connectivity index (χ2n) is 2.89. The molecule has 0 aliphatic carbocycles. The molecule has 0 spiro atoms. The van der Waals surface area contributed by atoms with Crippen LogP contribution < -0.4 is 10.6 Å². The molecule has 0 unspecified atom stereocenters. The zero-order valence-corrected chi connectivity index (χ0v) is 10.3. The third kappa shape index (κ3) is 3.15. The highest BCUT2D eigenvalue weighted by atomic mass is 35.5. The number of urea groups is 1. The Morgan fingerprint density at radius 1 is 1.62 bits per heavy atom. The number of amides is 2. The largest absolute Gasteiger partial charge is 0.351 e. The lowest BCUT2D eigenvalue weighted by atomic mass is 10.3. The van der Waals surface area contributed by atoms with Gasteiger partial charge in [0.15, 0.2) is 5.17 Å². The molecule has 0 aliphatic heterocycles. The molecule has 0 saturated carbocycles. The molecule has 0 heterocycles. The number of hydrogen-bond acceptors (Lipinski definition) is 3. The molecule has 0 aromatic heterocycles. The van der Waals surface area contributed by atoms with E-state index in [-0.39, 0.29) is 5.17 Å². The molecule has 1 aromatic rings. The van der Waals surface area contributed by atoms with E-state index in [0.29, 0.717) is 16.5 Å². The molecule has 16 heavy (non-hydrogen) atoms. The first kappa shape index (κ1) is 12.9. The first-order valence-corrected chi connectivity index (χ1v) is 5.99. The van der Waals surface area contributed by atoms with Crippen molar-refractivity contribution in [2.24, 2.45) is 5.73 Å². The predicted octanol–water partition coefficient (Wildman–Crippen LogP) is 2.91. The molecule has 0 radical (unpaired) electrons. The van der Waals surface area contributed by atoms with E-state index in [1.165, 1.54) is 11.8 Å². The van der Waals surface area contributed by atoms with Crippen molar-refractivity contribution in [2.45, 2.75) is 6.92 Å². The van der Waals surface area contributed by atoms with Crippen molar-refractivity contribution in [3.63, 3.8) is 0 Å². The minimum Gasteiger partial charge on any atom is -0.351 e. The fraction of sp³-hybridized carbons (Fsp3) is 0.200. The van der Waals surface area contributed by atoms with Gasteiger partial charge in [-0.2, -0.15) is 0 Å². The van der Waals surface area contributed by atoms with Crippen molar-refractivity contribution >= 4 is 40.2 Å². The molecule has 4 nitrogen and oxygen atoms in total. The summed E-state index contributed by atoms with van der Waals surface area (Å²) in [5.41, 5.74) is 5.75. The van der Waals surface area contributed by atoms with Crippen LogP contribution in [0.3, 0.4) is 0 Å². The Hall–Kier alpha value is -1.20. The minimum absolute atomic E-state index is 0.0947. The Morgan fingerprint density at radius 2 is 2.31 bits per heavy atom. The van der Waals surface area contributed by atoms with Gasteiger partial charge in [0.05, 0.1) is 5.69 Å². The van der Waals surface area contributed by atoms with Crippen LogP contribution in [0.25, 0.3) is 0 Å². The fourth-order valence-electron chi connectivity index (χ4n) is 1.16. The lowest BCUT2D eigenvalue weighted by Gasteiger charge is -2.20. The van der Waals surface area contributed by atoms with Gasteiger partial charge in [-0.25, -0.2) is 9.69 Å². The van der Waals surface area contributed by atoms with Gasteiger partial charge in [-0.15, -0.1) is 0 Å². The number of carbonyl (C=O) groups excluding carboxylic acids is 1. The summed E-state index contributed by atoms with van der Waals surface area (Å²) in [6.45, 7) is 1.90. The standard InChI is InChI=1S/C10H12ClN3OS/c1-2-16-10(13)14(9(12)15)8-5-3-4-7(11)6-8/h3-6,13H,2H2,1H3,(H2,12,15). The lowest BCUT2D eigenvalue weighted by molar-refractivity contribution is 0.256. The van der Waals surface area contributed by atoms with Crippen LogP contribution in [-0.4, -0.2) is 17.0 Å². The van der Waals surface area contributed by atoms with Crippen molar-refractivity contribution in [2.75, 3.05) is 10.7 Å². The van der Waals surface area contributed by atoms with Crippen LogP contribution >= 0.6 is 23.4 Å². The molecule has 1 aromatic carbocycles. The number of nitrogens with zero attached hydrogens (tertiary/aromatic N) is 1. The van der Waals surface area contributed by atoms with Gasteiger partial charge in [0, 0.05) is 5.02 Å². The number of anilines is 1. The first-order chi connectivity index (χ1) is 7.56. The van der Waals surface area contributed by atoms with Gasteiger partial charge in [0.1, 0.15) is 0 Å². The third-order valence-corrected chi connectivity index (χ3v) is 2.75. The second-order valence-corrected chi connectivity index (χ2v) is 4.58. The summed E-state index contributed by atoms with van der Waals surface area (Å²) in [7, 11) is 0. The Morgan fingerprint density at radius 3 is 2.81 bits per heavy atom. The minimum atomic E-state index is -0.687. The van der Waals surface area contributed by atoms with Gasteiger partial charge in [-0.3, -0.25) is 5.41 Å². The van der Waals surface area contributed by atoms with Gasteiger partial charge >= 0.3 is 6.03 Å². The highest BCUT2D eigenvalue weighted by Gasteiger charge is 2.17. The Balaban J connectivity index is 3.03. The molecule has 0 atom stereocenters. The Bertz CT molecular complexity index is 411. The van der Waals surface area contributed by atoms with E-state index in [4.69, 9.17) is 22.7 Å². The average molecular weight is 258 g/mol. The van der Waals surface area contributed by atoms with Gasteiger partial charge in [0.25, 0.3) is 0 Å². The molecule has 86 valence electrons. The smallest absolute Gasteiger partial charge is 0.325 e. The van der Waals surface area contributed by atoms with Crippen molar-refractivity contribution in [3.8, 4) is 0 Å². The summed E-state index contributed by atoms with van der Waals surface area (Å²) < 4.78 is 0. The number of carbonyl (C=O) groups is 1. The van der Waals surface area contributed by atoms with Gasteiger partial charge in [-0.1, -0.05) is 36.4 Å². The maximum absolute atomic E-state index is 11.3. The Kier molecular flexibility index (Phi) is 4.64. The normalized spacial score (nSPS) is 9.88. The van der Waals surface area contributed by atoms with Crippen LogP contribution in [0.4, 0.5) is 10.5 Å². The number of thioether (sulfide) groups is 1. The summed E-state index contributed by atoms with van der Waals surface area (Å²) >= 11 is 7.05. The summed E-state index contributed by atoms with van der Waals surface area (Å²) in [6.07, 6.45) is 0. The van der Waals surface area contributed by atoms with E-state index in [2.05, 4.69) is 0 Å². The molecule has 6 heteroatoms. The molecule has 1 rings (SSSR count). The molecule has 0 fully saturated rings. The Labute approximate surface area is 103 Å². The molecular weight excluding hydrogens is 246 g/mol. The van der Waals surface area contributed by atoms with Crippen molar-refractivity contribution in [3.05, 3.63) is 29.3 Å². The topological polar surface area (TPSA) is 70.2 Å². The third-order valence-electron chi connectivity index (χ3n) is 1.77. The fourth-order valence-corrected chi connectivity index (χ4v) is 1.94. The van der Waals surface area contributed by atoms with E-state index < -0.39 is 6.03 Å². The summed E-state index contributed by atoms with van der Waals surface area (Å²) in [4.78, 5) is 12.4. The first-order valence-electron chi connectivity index (χ1n) is 4.62. The summed E-state index contributed by atoms with van der Waals surface area (Å²) in [5.74, 6) is 0.698. The predicted molar refractivity (Wildman–Crippen MR) is 69.4 cm³/mol. The van der Waals surface area contributed by atoms with Crippen LogP contribution in [0.2, 0.25) is 5.02 Å². The zero-order valence-electron chi connectivity index (χ0n) is 8.74. The van der Waals surface area contributed by atoms with Crippen LogP contribution in [0.15, 0.2) is 24.3 Å². The van der Waals surface area contributed by atoms with Crippen LogP contribution in [0.1, 0.15) is 6.92 Å². The number of hydrogen-bond donors (Lipinski definition) is 2. The molecule has 3 N–H and O–H groups in total. The van der Waals surface area contributed by atoms with Crippen molar-refractivity contribution < 1.29 is 4.79 Å². The van der Waals surface area contributed by atoms with Crippen LogP contribution in [0, 0.1) is 5.41 Å². The van der Waals surface area contributed by atoms with Crippen molar-refractivity contribution in [1.29, 1.82) is 5.41 Å². The van der Waals surface area contributed by atoms with E-state index in [1.807, 2.05) is 6.92 Å². The number of halogens is 1. The lowest BCUT2D eigenvalue weighted by Crippen LogP contribution is -2.39. The van der Waals surface area contributed by atoms with E-state index in [1.54, 1.807) is 24.3 Å². The number of nitrogens with two attached hydrogens (primary N) is 1. The maximum Gasteiger partial charge on any atom is 0.325 e. The van der Waals surface area contributed by atoms with Gasteiger partial charge in [0.2, 0.25) is 0 Å². The van der Waals surface area contributed by atoms with Gasteiger partial charge < -0.3 is 5.73 Å². The molecule has 0 aliphatic rings. The maximum atomic E-state index is 11.3. The van der Waals surface area contributed by atoms with Crippen LogP contribution in [-0.2, 0) is 0 Å². The van der Waals surface area contributed by atoms with E-state index >= 15 is 0 Å². The highest BCUT2D eigenvalue weighted by molar-refractivity contribution is 8.14. The quantitative estimate of drug-likeness (QED) is 0.632. The molecule has 0 saturated heterocycles. The van der Waals surface area contributed by atoms with E-state index in [9.17, 15) is 4.79 Å². The average Bonchev–Trinajstić information content (AvgIpc) is 2.17. The number of primary amides is 1. The number of benzene rings is 1. The van der Waals surface area contributed by atoms with Gasteiger partial charge in [-0.05, 0) is 24.0 Å².